The Morgan fingerprint density at radius 1 is 1.22 bits per heavy atom. The van der Waals surface area contributed by atoms with E-state index in [-0.39, 0.29) is 24.6 Å². The number of carbonyl (C=O) groups excluding carboxylic acids is 1. The molecule has 1 N–H and O–H groups in total. The predicted octanol–water partition coefficient (Wildman–Crippen LogP) is 4.61. The molecule has 0 aliphatic heterocycles. The van der Waals surface area contributed by atoms with Crippen molar-refractivity contribution in [3.8, 4) is 11.8 Å². The Morgan fingerprint density at radius 2 is 1.85 bits per heavy atom. The molecule has 1 amide bonds. The van der Waals surface area contributed by atoms with Gasteiger partial charge in [0.15, 0.2) is 0 Å². The molecule has 0 atom stereocenters. The molecule has 8 heteroatoms. The monoisotopic (exact) mass is 384 g/mol. The summed E-state index contributed by atoms with van der Waals surface area (Å²) in [6.45, 7) is 3.40. The van der Waals surface area contributed by atoms with Crippen LogP contribution in [0.4, 0.5) is 18.9 Å². The van der Waals surface area contributed by atoms with Gasteiger partial charge >= 0.3 is 6.18 Å². The number of amides is 1. The highest BCUT2D eigenvalue weighted by Crippen LogP contribution is 2.40. The normalized spacial score (nSPS) is 20.3. The summed E-state index contributed by atoms with van der Waals surface area (Å²) in [5, 5.41) is 2.60. The van der Waals surface area contributed by atoms with Crippen molar-refractivity contribution in [3.63, 3.8) is 0 Å². The number of anilines is 1. The average molecular weight is 384 g/mol. The van der Waals surface area contributed by atoms with Gasteiger partial charge in [-0.2, -0.15) is 18.2 Å². The molecule has 27 heavy (non-hydrogen) atoms. The Kier molecular flexibility index (Phi) is 6.87. The highest BCUT2D eigenvalue weighted by Gasteiger charge is 2.40. The van der Waals surface area contributed by atoms with Gasteiger partial charge in [0.2, 0.25) is 17.7 Å². The molecule has 0 radical (unpaired) electrons. The Morgan fingerprint density at radius 3 is 2.37 bits per heavy atom. The minimum Gasteiger partial charge on any atom is -0.480 e. The van der Waals surface area contributed by atoms with Crippen molar-refractivity contribution < 1.29 is 27.4 Å². The van der Waals surface area contributed by atoms with Crippen LogP contribution in [0.1, 0.15) is 31.2 Å². The molecule has 1 saturated carbocycles. The summed E-state index contributed by atoms with van der Waals surface area (Å²) in [6.07, 6.45) is 1.87. The molecule has 0 saturated heterocycles. The van der Waals surface area contributed by atoms with Crippen molar-refractivity contribution >= 4 is 17.7 Å². The van der Waals surface area contributed by atoms with E-state index in [1.165, 1.54) is 14.2 Å². The fourth-order valence-electron chi connectivity index (χ4n) is 3.09. The lowest BCUT2D eigenvalue weighted by molar-refractivity contribution is -0.183. The number of halogens is 3. The van der Waals surface area contributed by atoms with Crippen LogP contribution in [0.25, 0.3) is 6.08 Å². The van der Waals surface area contributed by atoms with Crippen molar-refractivity contribution in [2.45, 2.75) is 31.9 Å². The van der Waals surface area contributed by atoms with Gasteiger partial charge in [-0.05, 0) is 43.7 Å². The number of hydrogen-bond donors (Lipinski definition) is 1. The molecule has 1 aromatic heterocycles. The number of pyridine rings is 1. The molecule has 0 unspecified atom stereocenters. The molecule has 0 spiro atoms. The summed E-state index contributed by atoms with van der Waals surface area (Å²) in [7, 11) is 2.87. The van der Waals surface area contributed by atoms with Gasteiger partial charge in [0.1, 0.15) is 5.69 Å². The summed E-state index contributed by atoms with van der Waals surface area (Å²) in [5.74, 6) is -1.09. The largest absolute Gasteiger partial charge is 0.480 e. The molecule has 1 heterocycles. The summed E-state index contributed by atoms with van der Waals surface area (Å²) in [6, 6.07) is 1.64. The number of allylic oxidation sites excluding steroid dienone is 1. The van der Waals surface area contributed by atoms with E-state index in [2.05, 4.69) is 16.9 Å². The van der Waals surface area contributed by atoms with Crippen LogP contribution in [0.15, 0.2) is 24.8 Å². The Bertz CT molecular complexity index is 709. The third kappa shape index (κ3) is 5.48. The molecule has 0 aromatic carbocycles. The fraction of sp³-hybridized carbons (Fsp3) is 0.474. The zero-order valence-corrected chi connectivity index (χ0v) is 15.3. The number of ether oxygens (including phenoxy) is 2. The second kappa shape index (κ2) is 8.92. The lowest BCUT2D eigenvalue weighted by atomic mass is 9.81. The van der Waals surface area contributed by atoms with Gasteiger partial charge in [-0.25, -0.2) is 0 Å². The third-order valence-corrected chi connectivity index (χ3v) is 4.59. The van der Waals surface area contributed by atoms with Crippen LogP contribution in [0.5, 0.6) is 11.8 Å². The predicted molar refractivity (Wildman–Crippen MR) is 96.7 cm³/mol. The second-order valence-electron chi connectivity index (χ2n) is 6.35. The van der Waals surface area contributed by atoms with Gasteiger partial charge in [0.05, 0.1) is 20.1 Å². The molecule has 1 aliphatic rings. The number of carbonyl (C=O) groups is 1. The van der Waals surface area contributed by atoms with Crippen LogP contribution in [-0.4, -0.2) is 31.3 Å². The lowest BCUT2D eigenvalue weighted by Crippen LogP contribution is -2.27. The smallest absolute Gasteiger partial charge is 0.391 e. The minimum absolute atomic E-state index is 0.0571. The number of aromatic nitrogens is 1. The first-order valence-corrected chi connectivity index (χ1v) is 8.59. The first-order chi connectivity index (χ1) is 12.8. The van der Waals surface area contributed by atoms with Gasteiger partial charge < -0.3 is 14.8 Å². The number of nitrogens with one attached hydrogen (secondary N) is 1. The van der Waals surface area contributed by atoms with Crippen LogP contribution < -0.4 is 14.8 Å². The van der Waals surface area contributed by atoms with Crippen LogP contribution in [0.2, 0.25) is 0 Å². The van der Waals surface area contributed by atoms with E-state index in [0.29, 0.717) is 30.0 Å². The van der Waals surface area contributed by atoms with Crippen molar-refractivity contribution in [1.82, 2.24) is 4.98 Å². The molecule has 1 aromatic rings. The number of rotatable bonds is 6. The van der Waals surface area contributed by atoms with Gasteiger partial charge in [-0.15, -0.1) is 0 Å². The van der Waals surface area contributed by atoms with Crippen molar-refractivity contribution in [3.05, 3.63) is 30.4 Å². The number of methoxy groups -OCH3 is 2. The summed E-state index contributed by atoms with van der Waals surface area (Å²) in [5.41, 5.74) is 0.944. The zero-order chi connectivity index (χ0) is 20.0. The van der Waals surface area contributed by atoms with Gasteiger partial charge in [0.25, 0.3) is 0 Å². The van der Waals surface area contributed by atoms with Gasteiger partial charge in [-0.1, -0.05) is 18.7 Å². The molecular formula is C19H23F3N2O3. The standard InChI is InChI=1S/C19H23F3N2O3/c1-4-16(25)23-15-11-13(17(26-2)24-18(15)27-3)8-5-12-6-9-14(10-7-12)19(20,21)22/h4-5,8,11-12,14H,1,6-7,9-10H2,2-3H3,(H,23,25)/b8-5+/t12-,14-. The van der Waals surface area contributed by atoms with Crippen LogP contribution in [0.3, 0.4) is 0 Å². The van der Waals surface area contributed by atoms with Crippen LogP contribution in [-0.2, 0) is 4.79 Å². The first-order valence-electron chi connectivity index (χ1n) is 8.59. The van der Waals surface area contributed by atoms with E-state index < -0.39 is 18.0 Å². The first kappa shape index (κ1) is 20.8. The quantitative estimate of drug-likeness (QED) is 0.728. The highest BCUT2D eigenvalue weighted by molar-refractivity contribution is 6.00. The van der Waals surface area contributed by atoms with Crippen LogP contribution in [0, 0.1) is 11.8 Å². The molecule has 5 nitrogen and oxygen atoms in total. The SMILES string of the molecule is C=CC(=O)Nc1cc(/C=C/[C@H]2CC[C@H](C(F)(F)F)CC2)c(OC)nc1OC. The van der Waals surface area contributed by atoms with E-state index in [4.69, 9.17) is 9.47 Å². The maximum Gasteiger partial charge on any atom is 0.391 e. The molecule has 2 rings (SSSR count). The highest BCUT2D eigenvalue weighted by atomic mass is 19.4. The lowest BCUT2D eigenvalue weighted by Gasteiger charge is -2.28. The van der Waals surface area contributed by atoms with Crippen molar-refractivity contribution in [2.24, 2.45) is 11.8 Å². The second-order valence-corrected chi connectivity index (χ2v) is 6.35. The Balaban J connectivity index is 2.17. The fourth-order valence-corrected chi connectivity index (χ4v) is 3.09. The number of hydrogen-bond acceptors (Lipinski definition) is 4. The van der Waals surface area contributed by atoms with Gasteiger partial charge in [0, 0.05) is 5.56 Å². The topological polar surface area (TPSA) is 60.5 Å². The maximum atomic E-state index is 12.8. The van der Waals surface area contributed by atoms with E-state index >= 15 is 0 Å². The zero-order valence-electron chi connectivity index (χ0n) is 15.3. The summed E-state index contributed by atoms with van der Waals surface area (Å²) in [4.78, 5) is 15.8. The van der Waals surface area contributed by atoms with E-state index in [1.807, 2.05) is 6.08 Å². The third-order valence-electron chi connectivity index (χ3n) is 4.59. The molecule has 0 bridgehead atoms. The minimum atomic E-state index is -4.12. The van der Waals surface area contributed by atoms with E-state index in [0.717, 1.165) is 6.08 Å². The molecule has 148 valence electrons. The Labute approximate surface area is 156 Å². The maximum absolute atomic E-state index is 12.8. The van der Waals surface area contributed by atoms with E-state index in [9.17, 15) is 18.0 Å². The number of alkyl halides is 3. The van der Waals surface area contributed by atoms with Crippen LogP contribution >= 0.6 is 0 Å². The summed E-state index contributed by atoms with van der Waals surface area (Å²) < 4.78 is 48.7. The number of nitrogens with zero attached hydrogens (tertiary/aromatic N) is 1. The molecule has 1 aliphatic carbocycles. The molecular weight excluding hydrogens is 361 g/mol. The van der Waals surface area contributed by atoms with Crippen molar-refractivity contribution in [1.29, 1.82) is 0 Å². The van der Waals surface area contributed by atoms with Crippen molar-refractivity contribution in [2.75, 3.05) is 19.5 Å². The molecule has 1 fully saturated rings. The van der Waals surface area contributed by atoms with Gasteiger partial charge in [-0.3, -0.25) is 4.79 Å². The summed E-state index contributed by atoms with van der Waals surface area (Å²) >= 11 is 0. The Hall–Kier alpha value is -2.51. The van der Waals surface area contributed by atoms with E-state index in [1.54, 1.807) is 12.1 Å². The average Bonchev–Trinajstić information content (AvgIpc) is 2.65.